The fraction of sp³-hybridized carbons (Fsp3) is 0.0337. The first-order valence-electron chi connectivity index (χ1n) is 32.3. The molecule has 0 bridgehead atoms. The Labute approximate surface area is 537 Å². The minimum atomic E-state index is -0.0455. The smallest absolute Gasteiger partial charge is 0.0546 e. The van der Waals surface area contributed by atoms with E-state index >= 15 is 0 Å². The minimum absolute atomic E-state index is 0.0455. The van der Waals surface area contributed by atoms with Gasteiger partial charge in [0.1, 0.15) is 0 Å². The van der Waals surface area contributed by atoms with Crippen molar-refractivity contribution in [2.24, 2.45) is 0 Å². The Kier molecular flexibility index (Phi) is 11.7. The monoisotopic (exact) mass is 1180 g/mol. The van der Waals surface area contributed by atoms with E-state index in [0.29, 0.717) is 0 Å². The second-order valence-corrected chi connectivity index (χ2v) is 25.6. The van der Waals surface area contributed by atoms with E-state index in [1.807, 2.05) is 0 Å². The molecule has 1 aliphatic rings. The maximum absolute atomic E-state index is 2.46. The van der Waals surface area contributed by atoms with Gasteiger partial charge >= 0.3 is 0 Å². The van der Waals surface area contributed by atoms with Gasteiger partial charge < -0.3 is 18.3 Å². The van der Waals surface area contributed by atoms with Crippen LogP contribution >= 0.6 is 0 Å². The van der Waals surface area contributed by atoms with E-state index < -0.39 is 0 Å². The third kappa shape index (κ3) is 8.05. The molecule has 20 rings (SSSR count). The van der Waals surface area contributed by atoms with Crippen molar-refractivity contribution in [3.8, 4) is 56.1 Å². The molecule has 4 nitrogen and oxygen atoms in total. The zero-order valence-corrected chi connectivity index (χ0v) is 51.5. The summed E-state index contributed by atoms with van der Waals surface area (Å²) < 4.78 is 9.66. The van der Waals surface area contributed by atoms with Gasteiger partial charge in [0, 0.05) is 71.0 Å². The van der Waals surface area contributed by atoms with Crippen LogP contribution < -0.4 is 0 Å². The highest BCUT2D eigenvalue weighted by Gasteiger charge is 2.35. The van der Waals surface area contributed by atoms with Gasteiger partial charge in [-0.2, -0.15) is 0 Å². The third-order valence-corrected chi connectivity index (χ3v) is 20.2. The summed E-state index contributed by atoms with van der Waals surface area (Å²) in [6.07, 6.45) is 0. The summed E-state index contributed by atoms with van der Waals surface area (Å²) in [5, 5.41) is 15.2. The van der Waals surface area contributed by atoms with Crippen LogP contribution in [0.5, 0.6) is 0 Å². The Morgan fingerprint density at radius 2 is 0.548 bits per heavy atom. The van der Waals surface area contributed by atoms with Crippen molar-refractivity contribution in [2.45, 2.75) is 19.3 Å². The molecule has 93 heavy (non-hydrogen) atoms. The molecule has 4 heteroatoms. The molecule has 436 valence electrons. The van der Waals surface area contributed by atoms with Gasteiger partial charge in [-0.15, -0.1) is 0 Å². The summed E-state index contributed by atoms with van der Waals surface area (Å²) in [6.45, 7) is 4.71. The predicted octanol–water partition coefficient (Wildman–Crippen LogP) is 23.7. The molecule has 4 aromatic heterocycles. The molecule has 1 aliphatic carbocycles. The van der Waals surface area contributed by atoms with E-state index in [2.05, 4.69) is 360 Å². The topological polar surface area (TPSA) is 19.7 Å². The fourth-order valence-electron chi connectivity index (χ4n) is 15.9. The van der Waals surface area contributed by atoms with Crippen LogP contribution in [0.25, 0.3) is 165 Å². The van der Waals surface area contributed by atoms with Crippen molar-refractivity contribution in [3.05, 3.63) is 339 Å². The van der Waals surface area contributed by atoms with Crippen LogP contribution in [0.1, 0.15) is 25.0 Å². The van der Waals surface area contributed by atoms with Crippen molar-refractivity contribution in [1.82, 2.24) is 18.3 Å². The number of hydrogen-bond acceptors (Lipinski definition) is 0. The number of nitrogens with zero attached hydrogens (tertiary/aromatic N) is 4. The van der Waals surface area contributed by atoms with E-state index in [0.717, 1.165) is 0 Å². The number of para-hydroxylation sites is 6. The largest absolute Gasteiger partial charge is 0.309 e. The third-order valence-electron chi connectivity index (χ3n) is 20.2. The molecule has 0 amide bonds. The summed E-state index contributed by atoms with van der Waals surface area (Å²) in [5.41, 5.74) is 24.9. The molecule has 0 N–H and O–H groups in total. The summed E-state index contributed by atoms with van der Waals surface area (Å²) in [7, 11) is 0. The highest BCUT2D eigenvalue weighted by molar-refractivity contribution is 6.17. The zero-order valence-electron chi connectivity index (χ0n) is 51.5. The molecule has 4 heterocycles. The van der Waals surface area contributed by atoms with Crippen LogP contribution in [0.2, 0.25) is 0 Å². The molecule has 0 saturated carbocycles. The van der Waals surface area contributed by atoms with Crippen molar-refractivity contribution < 1.29 is 0 Å². The fourth-order valence-corrected chi connectivity index (χ4v) is 15.9. The lowest BCUT2D eigenvalue weighted by atomic mass is 9.82. The van der Waals surface area contributed by atoms with E-state index in [1.165, 1.54) is 176 Å². The maximum Gasteiger partial charge on any atom is 0.0546 e. The Balaban J connectivity index is 0.000000133. The Bertz CT molecular complexity index is 6270. The molecule has 0 unspecified atom stereocenters. The van der Waals surface area contributed by atoms with Gasteiger partial charge in [-0.3, -0.25) is 0 Å². The lowest BCUT2D eigenvalue weighted by Gasteiger charge is -2.22. The average molecular weight is 1190 g/mol. The quantitative estimate of drug-likeness (QED) is 0.148. The molecule has 0 fully saturated rings. The second kappa shape index (κ2) is 20.5. The SMILES string of the molecule is CC1(C)c2ccccc2-c2ccc(-n3c4ccccc4c4cc(-c5ccc6c(c5)c5ccccc5n6-c5ccccc5)ccc43)cc21.c1ccc(-n2c3ccccc3c3cc(-c4ccc5c(c4)c4ccccc4n5-c4cc5ccccc5c5ccccc45)ccc32)cc1. The van der Waals surface area contributed by atoms with Crippen LogP contribution in [0, 0.1) is 0 Å². The van der Waals surface area contributed by atoms with E-state index in [9.17, 15) is 0 Å². The highest BCUT2D eigenvalue weighted by Crippen LogP contribution is 2.50. The van der Waals surface area contributed by atoms with Gasteiger partial charge in [0.2, 0.25) is 0 Å². The lowest BCUT2D eigenvalue weighted by molar-refractivity contribution is 0.660. The summed E-state index contributed by atoms with van der Waals surface area (Å²) in [4.78, 5) is 0. The van der Waals surface area contributed by atoms with Crippen LogP contribution in [-0.2, 0) is 5.41 Å². The molecule has 0 spiro atoms. The van der Waals surface area contributed by atoms with Crippen molar-refractivity contribution >= 4 is 109 Å². The van der Waals surface area contributed by atoms with E-state index in [-0.39, 0.29) is 5.41 Å². The summed E-state index contributed by atoms with van der Waals surface area (Å²) in [6, 6.07) is 120. The molecule has 15 aromatic carbocycles. The summed E-state index contributed by atoms with van der Waals surface area (Å²) in [5.74, 6) is 0. The Morgan fingerprint density at radius 1 is 0.204 bits per heavy atom. The van der Waals surface area contributed by atoms with Crippen molar-refractivity contribution in [1.29, 1.82) is 0 Å². The molecule has 0 saturated heterocycles. The number of hydrogen-bond donors (Lipinski definition) is 0. The molecule has 0 atom stereocenters. The Morgan fingerprint density at radius 3 is 1.03 bits per heavy atom. The molecular weight excluding hydrogens is 1130 g/mol. The minimum Gasteiger partial charge on any atom is -0.309 e. The molecular formula is C89H60N4. The zero-order chi connectivity index (χ0) is 61.5. The first kappa shape index (κ1) is 52.9. The van der Waals surface area contributed by atoms with Gasteiger partial charge in [-0.25, -0.2) is 0 Å². The standard InChI is InChI=1S/C45H32N2.C44H28N2/c1-45(2)39-17-9-6-14-33(39)34-23-22-32(28-40(34)45)47-42-19-11-8-16-36(42)38-27-30(21-25-44(38)47)29-20-24-43-37(26-29)35-15-7-10-18-41(35)46(43)31-12-4-3-5-13-31;1-2-13-32(14-3-1)45-40-20-10-8-18-36(40)38-26-29(22-24-42(38)45)30-23-25-43-39(27-30)37-19-9-11-21-41(37)46(43)44-28-31-12-4-5-15-33(31)34-16-6-7-17-35(34)44/h3-28H,1-2H3;1-28H. The second-order valence-electron chi connectivity index (χ2n) is 25.6. The number of fused-ring (bicyclic) bond motifs is 18. The van der Waals surface area contributed by atoms with Crippen LogP contribution in [-0.4, -0.2) is 18.3 Å². The first-order chi connectivity index (χ1) is 45.9. The van der Waals surface area contributed by atoms with Crippen LogP contribution in [0.15, 0.2) is 328 Å². The number of benzene rings is 15. The maximum atomic E-state index is 2.46. The molecule has 19 aromatic rings. The van der Waals surface area contributed by atoms with E-state index in [1.54, 1.807) is 0 Å². The Hall–Kier alpha value is -12.0. The van der Waals surface area contributed by atoms with Crippen LogP contribution in [0.3, 0.4) is 0 Å². The normalized spacial score (nSPS) is 12.7. The lowest BCUT2D eigenvalue weighted by Crippen LogP contribution is -2.15. The number of aromatic nitrogens is 4. The van der Waals surface area contributed by atoms with Gasteiger partial charge in [-0.1, -0.05) is 226 Å². The first-order valence-corrected chi connectivity index (χ1v) is 32.3. The van der Waals surface area contributed by atoms with Gasteiger partial charge in [0.25, 0.3) is 0 Å². The summed E-state index contributed by atoms with van der Waals surface area (Å²) >= 11 is 0. The number of rotatable bonds is 6. The molecule has 0 aliphatic heterocycles. The van der Waals surface area contributed by atoms with E-state index in [4.69, 9.17) is 0 Å². The van der Waals surface area contributed by atoms with Gasteiger partial charge in [0.15, 0.2) is 0 Å². The highest BCUT2D eigenvalue weighted by atomic mass is 15.0. The van der Waals surface area contributed by atoms with Crippen molar-refractivity contribution in [2.75, 3.05) is 0 Å². The molecule has 0 radical (unpaired) electrons. The van der Waals surface area contributed by atoms with Crippen molar-refractivity contribution in [3.63, 3.8) is 0 Å². The van der Waals surface area contributed by atoms with Crippen LogP contribution in [0.4, 0.5) is 0 Å². The predicted molar refractivity (Wildman–Crippen MR) is 394 cm³/mol. The van der Waals surface area contributed by atoms with Gasteiger partial charge in [0.05, 0.1) is 49.8 Å². The average Bonchev–Trinajstić information content (AvgIpc) is 1.61. The van der Waals surface area contributed by atoms with Gasteiger partial charge in [-0.05, 0) is 176 Å².